The van der Waals surface area contributed by atoms with E-state index < -0.39 is 15.9 Å². The van der Waals surface area contributed by atoms with Crippen molar-refractivity contribution in [1.82, 2.24) is 5.32 Å². The van der Waals surface area contributed by atoms with Crippen LogP contribution < -0.4 is 19.1 Å². The number of benzene rings is 3. The SMILES string of the molecule is CCOc1ccc(N(CC(=O)NC(C)c2cc(C(C)C)c(OC)cc2C)S(=O)(=O)c2ccc(Br)cc2)cc1. The molecule has 0 heterocycles. The van der Waals surface area contributed by atoms with E-state index in [1.807, 2.05) is 32.9 Å². The van der Waals surface area contributed by atoms with Crippen molar-refractivity contribution in [3.8, 4) is 11.5 Å². The third-order valence-corrected chi connectivity index (χ3v) is 8.53. The summed E-state index contributed by atoms with van der Waals surface area (Å²) in [4.78, 5) is 13.4. The molecule has 0 radical (unpaired) electrons. The Morgan fingerprint density at radius 2 is 1.63 bits per heavy atom. The zero-order chi connectivity index (χ0) is 28.0. The number of rotatable bonds is 11. The van der Waals surface area contributed by atoms with Gasteiger partial charge < -0.3 is 14.8 Å². The molecule has 0 saturated heterocycles. The van der Waals surface area contributed by atoms with Crippen LogP contribution in [0.2, 0.25) is 0 Å². The molecule has 1 amide bonds. The second-order valence-electron chi connectivity index (χ2n) is 9.29. The third kappa shape index (κ3) is 6.88. The van der Waals surface area contributed by atoms with Gasteiger partial charge in [-0.25, -0.2) is 8.42 Å². The minimum atomic E-state index is -4.03. The number of halogens is 1. The first-order valence-electron chi connectivity index (χ1n) is 12.5. The van der Waals surface area contributed by atoms with E-state index in [-0.39, 0.29) is 23.4 Å². The number of carbonyl (C=O) groups is 1. The third-order valence-electron chi connectivity index (χ3n) is 6.21. The van der Waals surface area contributed by atoms with E-state index in [9.17, 15) is 13.2 Å². The molecule has 0 fully saturated rings. The molecule has 1 N–H and O–H groups in total. The lowest BCUT2D eigenvalue weighted by Gasteiger charge is -2.26. The molecule has 38 heavy (non-hydrogen) atoms. The Morgan fingerprint density at radius 3 is 2.18 bits per heavy atom. The number of hydrogen-bond acceptors (Lipinski definition) is 5. The number of nitrogens with zero attached hydrogens (tertiary/aromatic N) is 1. The summed E-state index contributed by atoms with van der Waals surface area (Å²) in [5.74, 6) is 1.24. The van der Waals surface area contributed by atoms with Crippen LogP contribution in [0.1, 0.15) is 56.3 Å². The lowest BCUT2D eigenvalue weighted by atomic mass is 9.93. The molecule has 3 aromatic carbocycles. The number of ether oxygens (including phenoxy) is 2. The Labute approximate surface area is 234 Å². The van der Waals surface area contributed by atoms with Crippen molar-refractivity contribution in [2.45, 2.75) is 51.5 Å². The number of nitrogens with one attached hydrogen (secondary N) is 1. The molecule has 0 aliphatic rings. The van der Waals surface area contributed by atoms with Crippen LogP contribution in [0, 0.1) is 6.92 Å². The van der Waals surface area contributed by atoms with Crippen LogP contribution in [0.5, 0.6) is 11.5 Å². The number of sulfonamides is 1. The van der Waals surface area contributed by atoms with Crippen molar-refractivity contribution in [2.75, 3.05) is 24.6 Å². The van der Waals surface area contributed by atoms with Gasteiger partial charge >= 0.3 is 0 Å². The van der Waals surface area contributed by atoms with E-state index >= 15 is 0 Å². The number of methoxy groups -OCH3 is 1. The fourth-order valence-electron chi connectivity index (χ4n) is 4.23. The highest BCUT2D eigenvalue weighted by Crippen LogP contribution is 2.32. The van der Waals surface area contributed by atoms with Crippen LogP contribution in [0.25, 0.3) is 0 Å². The van der Waals surface area contributed by atoms with Gasteiger partial charge in [-0.1, -0.05) is 29.8 Å². The maximum Gasteiger partial charge on any atom is 0.264 e. The number of aryl methyl sites for hydroxylation is 1. The zero-order valence-electron chi connectivity index (χ0n) is 22.6. The maximum absolute atomic E-state index is 13.7. The molecular weight excluding hydrogens is 568 g/mol. The van der Waals surface area contributed by atoms with Gasteiger partial charge in [0.15, 0.2) is 0 Å². The van der Waals surface area contributed by atoms with Crippen molar-refractivity contribution < 1.29 is 22.7 Å². The van der Waals surface area contributed by atoms with E-state index in [0.29, 0.717) is 18.0 Å². The topological polar surface area (TPSA) is 84.9 Å². The standard InChI is InChI=1S/C29H35BrN2O5S/c1-7-37-24-12-10-23(11-13-24)32(38(34,35)25-14-8-22(30)9-15-25)18-29(33)31-21(5)27-17-26(19(2)3)28(36-6)16-20(27)4/h8-17,19,21H,7,18H2,1-6H3,(H,31,33). The molecule has 3 aromatic rings. The maximum atomic E-state index is 13.7. The first kappa shape index (κ1) is 29.5. The van der Waals surface area contributed by atoms with Crippen molar-refractivity contribution in [3.63, 3.8) is 0 Å². The lowest BCUT2D eigenvalue weighted by molar-refractivity contribution is -0.120. The van der Waals surface area contributed by atoms with Gasteiger partial charge in [0.05, 0.1) is 30.3 Å². The number of anilines is 1. The van der Waals surface area contributed by atoms with Gasteiger partial charge in [-0.2, -0.15) is 0 Å². The first-order valence-corrected chi connectivity index (χ1v) is 14.7. The predicted molar refractivity (Wildman–Crippen MR) is 155 cm³/mol. The second kappa shape index (κ2) is 12.7. The molecule has 7 nitrogen and oxygen atoms in total. The van der Waals surface area contributed by atoms with E-state index in [2.05, 4.69) is 35.1 Å². The molecule has 0 spiro atoms. The minimum Gasteiger partial charge on any atom is -0.496 e. The molecule has 0 aliphatic carbocycles. The Kier molecular flexibility index (Phi) is 9.84. The van der Waals surface area contributed by atoms with Crippen LogP contribution in [0.4, 0.5) is 5.69 Å². The van der Waals surface area contributed by atoms with Gasteiger partial charge in [0, 0.05) is 4.47 Å². The first-order chi connectivity index (χ1) is 18.0. The second-order valence-corrected chi connectivity index (χ2v) is 12.1. The molecule has 204 valence electrons. The number of carbonyl (C=O) groups excluding carboxylic acids is 1. The molecule has 9 heteroatoms. The minimum absolute atomic E-state index is 0.0861. The lowest BCUT2D eigenvalue weighted by Crippen LogP contribution is -2.41. The average Bonchev–Trinajstić information content (AvgIpc) is 2.87. The van der Waals surface area contributed by atoms with Gasteiger partial charge in [0.2, 0.25) is 5.91 Å². The van der Waals surface area contributed by atoms with E-state index in [1.165, 1.54) is 12.1 Å². The van der Waals surface area contributed by atoms with Gasteiger partial charge in [-0.3, -0.25) is 9.10 Å². The highest BCUT2D eigenvalue weighted by atomic mass is 79.9. The van der Waals surface area contributed by atoms with Crippen LogP contribution in [-0.2, 0) is 14.8 Å². The van der Waals surface area contributed by atoms with Crippen molar-refractivity contribution >= 4 is 37.5 Å². The van der Waals surface area contributed by atoms with Crippen LogP contribution in [0.3, 0.4) is 0 Å². The molecule has 1 unspecified atom stereocenters. The van der Waals surface area contributed by atoms with Crippen LogP contribution >= 0.6 is 15.9 Å². The number of hydrogen-bond donors (Lipinski definition) is 1. The monoisotopic (exact) mass is 602 g/mol. The fraction of sp³-hybridized carbons (Fsp3) is 0.345. The van der Waals surface area contributed by atoms with E-state index in [4.69, 9.17) is 9.47 Å². The molecule has 0 aromatic heterocycles. The van der Waals surface area contributed by atoms with Gasteiger partial charge in [0.1, 0.15) is 18.0 Å². The van der Waals surface area contributed by atoms with Crippen LogP contribution in [0.15, 0.2) is 70.0 Å². The summed E-state index contributed by atoms with van der Waals surface area (Å²) in [5.41, 5.74) is 3.33. The molecule has 0 saturated carbocycles. The summed E-state index contributed by atoms with van der Waals surface area (Å²) in [7, 11) is -2.39. The molecule has 0 aliphatic heterocycles. The average molecular weight is 604 g/mol. The van der Waals surface area contributed by atoms with Crippen LogP contribution in [-0.4, -0.2) is 34.6 Å². The Bertz CT molecular complexity index is 1360. The zero-order valence-corrected chi connectivity index (χ0v) is 25.0. The summed E-state index contributed by atoms with van der Waals surface area (Å²) in [6, 6.07) is 16.7. The highest BCUT2D eigenvalue weighted by Gasteiger charge is 2.28. The summed E-state index contributed by atoms with van der Waals surface area (Å²) < 4.78 is 40.3. The highest BCUT2D eigenvalue weighted by molar-refractivity contribution is 9.10. The largest absolute Gasteiger partial charge is 0.496 e. The number of amides is 1. The summed E-state index contributed by atoms with van der Waals surface area (Å²) in [6.07, 6.45) is 0. The Morgan fingerprint density at radius 1 is 1.00 bits per heavy atom. The fourth-order valence-corrected chi connectivity index (χ4v) is 5.92. The summed E-state index contributed by atoms with van der Waals surface area (Å²) in [5, 5.41) is 2.99. The smallest absolute Gasteiger partial charge is 0.264 e. The Hall–Kier alpha value is -3.04. The van der Waals surface area contributed by atoms with E-state index in [1.54, 1.807) is 43.5 Å². The molecule has 0 bridgehead atoms. The quantitative estimate of drug-likeness (QED) is 0.276. The predicted octanol–water partition coefficient (Wildman–Crippen LogP) is 6.36. The Balaban J connectivity index is 1.92. The van der Waals surface area contributed by atoms with E-state index in [0.717, 1.165) is 31.2 Å². The summed E-state index contributed by atoms with van der Waals surface area (Å²) in [6.45, 7) is 10.0. The summed E-state index contributed by atoms with van der Waals surface area (Å²) >= 11 is 3.34. The normalized spacial score (nSPS) is 12.2. The molecule has 3 rings (SSSR count). The van der Waals surface area contributed by atoms with Gasteiger partial charge in [-0.15, -0.1) is 0 Å². The van der Waals surface area contributed by atoms with Crippen molar-refractivity contribution in [1.29, 1.82) is 0 Å². The van der Waals surface area contributed by atoms with Gasteiger partial charge in [-0.05, 0) is 104 Å². The molecule has 1 atom stereocenters. The van der Waals surface area contributed by atoms with Gasteiger partial charge in [0.25, 0.3) is 10.0 Å². The van der Waals surface area contributed by atoms with Crippen molar-refractivity contribution in [2.24, 2.45) is 0 Å². The van der Waals surface area contributed by atoms with Crippen molar-refractivity contribution in [3.05, 3.63) is 81.8 Å². The molecular formula is C29H35BrN2O5S.